The number of halogens is 1. The SMILES string of the molecule is Cc1ccc(CC(=O)N2CCCCC2C(C)N)s1.Cl. The van der Waals surface area contributed by atoms with Crippen LogP contribution in [0.3, 0.4) is 0 Å². The van der Waals surface area contributed by atoms with Crippen LogP contribution >= 0.6 is 23.7 Å². The van der Waals surface area contributed by atoms with E-state index in [1.807, 2.05) is 11.8 Å². The highest BCUT2D eigenvalue weighted by molar-refractivity contribution is 7.12. The third-order valence-electron chi connectivity index (χ3n) is 3.60. The molecule has 0 saturated carbocycles. The molecule has 5 heteroatoms. The smallest absolute Gasteiger partial charge is 0.228 e. The molecule has 2 unspecified atom stereocenters. The van der Waals surface area contributed by atoms with Gasteiger partial charge in [-0.3, -0.25) is 4.79 Å². The van der Waals surface area contributed by atoms with Crippen molar-refractivity contribution in [2.45, 2.75) is 51.6 Å². The van der Waals surface area contributed by atoms with Crippen molar-refractivity contribution < 1.29 is 4.79 Å². The van der Waals surface area contributed by atoms with Crippen LogP contribution in [0.1, 0.15) is 35.9 Å². The van der Waals surface area contributed by atoms with E-state index >= 15 is 0 Å². The van der Waals surface area contributed by atoms with Crippen LogP contribution in [0.15, 0.2) is 12.1 Å². The van der Waals surface area contributed by atoms with E-state index in [-0.39, 0.29) is 30.4 Å². The number of thiophene rings is 1. The minimum atomic E-state index is 0. The topological polar surface area (TPSA) is 46.3 Å². The fourth-order valence-electron chi connectivity index (χ4n) is 2.64. The van der Waals surface area contributed by atoms with Gasteiger partial charge in [0.15, 0.2) is 0 Å². The molecule has 2 heterocycles. The zero-order chi connectivity index (χ0) is 13.1. The lowest BCUT2D eigenvalue weighted by Gasteiger charge is -2.38. The summed E-state index contributed by atoms with van der Waals surface area (Å²) < 4.78 is 0. The molecule has 2 N–H and O–H groups in total. The van der Waals surface area contributed by atoms with E-state index in [4.69, 9.17) is 5.73 Å². The summed E-state index contributed by atoms with van der Waals surface area (Å²) in [4.78, 5) is 16.8. The highest BCUT2D eigenvalue weighted by atomic mass is 35.5. The minimum Gasteiger partial charge on any atom is -0.338 e. The monoisotopic (exact) mass is 302 g/mol. The van der Waals surface area contributed by atoms with Crippen molar-refractivity contribution in [1.82, 2.24) is 4.90 Å². The van der Waals surface area contributed by atoms with Crippen LogP contribution in [-0.2, 0) is 11.2 Å². The van der Waals surface area contributed by atoms with Gasteiger partial charge >= 0.3 is 0 Å². The zero-order valence-corrected chi connectivity index (χ0v) is 13.2. The number of rotatable bonds is 3. The molecule has 0 radical (unpaired) electrons. The summed E-state index contributed by atoms with van der Waals surface area (Å²) in [5, 5.41) is 0. The quantitative estimate of drug-likeness (QED) is 0.933. The molecular formula is C14H23ClN2OS. The molecule has 19 heavy (non-hydrogen) atoms. The summed E-state index contributed by atoms with van der Waals surface area (Å²) in [5.41, 5.74) is 6.00. The van der Waals surface area contributed by atoms with Crippen LogP contribution in [0.4, 0.5) is 0 Å². The van der Waals surface area contributed by atoms with Crippen molar-refractivity contribution >= 4 is 29.7 Å². The van der Waals surface area contributed by atoms with Gasteiger partial charge < -0.3 is 10.6 Å². The van der Waals surface area contributed by atoms with E-state index in [1.54, 1.807) is 11.3 Å². The van der Waals surface area contributed by atoms with Crippen LogP contribution < -0.4 is 5.73 Å². The standard InChI is InChI=1S/C14H22N2OS.ClH/c1-10-6-7-12(18-10)9-14(17)16-8-4-3-5-13(16)11(2)15;/h6-7,11,13H,3-5,8-9,15H2,1-2H3;1H. The van der Waals surface area contributed by atoms with Gasteiger partial charge in [0.05, 0.1) is 6.42 Å². The van der Waals surface area contributed by atoms with Crippen LogP contribution in [0.2, 0.25) is 0 Å². The average Bonchev–Trinajstić information content (AvgIpc) is 2.74. The van der Waals surface area contributed by atoms with Crippen LogP contribution in [0.25, 0.3) is 0 Å². The lowest BCUT2D eigenvalue weighted by molar-refractivity contribution is -0.134. The van der Waals surface area contributed by atoms with Crippen molar-refractivity contribution in [3.05, 3.63) is 21.9 Å². The van der Waals surface area contributed by atoms with Gasteiger partial charge in [-0.15, -0.1) is 23.7 Å². The summed E-state index contributed by atoms with van der Waals surface area (Å²) in [6, 6.07) is 4.43. The van der Waals surface area contributed by atoms with Gasteiger partial charge in [-0.1, -0.05) is 0 Å². The molecule has 1 aliphatic heterocycles. The predicted octanol–water partition coefficient (Wildman–Crippen LogP) is 2.75. The molecule has 2 rings (SSSR count). The summed E-state index contributed by atoms with van der Waals surface area (Å²) >= 11 is 1.71. The lowest BCUT2D eigenvalue weighted by atomic mass is 9.96. The first-order chi connectivity index (χ1) is 8.58. The fraction of sp³-hybridized carbons (Fsp3) is 0.643. The first kappa shape index (κ1) is 16.5. The van der Waals surface area contributed by atoms with Gasteiger partial charge in [0.25, 0.3) is 0 Å². The average molecular weight is 303 g/mol. The summed E-state index contributed by atoms with van der Waals surface area (Å²) in [6.45, 7) is 4.95. The Balaban J connectivity index is 0.00000180. The molecule has 1 aromatic heterocycles. The summed E-state index contributed by atoms with van der Waals surface area (Å²) in [6.07, 6.45) is 3.88. The van der Waals surface area contributed by atoms with Crippen LogP contribution in [-0.4, -0.2) is 29.4 Å². The van der Waals surface area contributed by atoms with E-state index in [0.29, 0.717) is 6.42 Å². The van der Waals surface area contributed by atoms with E-state index in [1.165, 1.54) is 11.3 Å². The largest absolute Gasteiger partial charge is 0.338 e. The van der Waals surface area contributed by atoms with E-state index < -0.39 is 0 Å². The zero-order valence-electron chi connectivity index (χ0n) is 11.6. The van der Waals surface area contributed by atoms with Crippen molar-refractivity contribution in [1.29, 1.82) is 0 Å². The van der Waals surface area contributed by atoms with Gasteiger partial charge in [-0.2, -0.15) is 0 Å². The predicted molar refractivity (Wildman–Crippen MR) is 83.0 cm³/mol. The van der Waals surface area contributed by atoms with Crippen molar-refractivity contribution in [3.63, 3.8) is 0 Å². The number of aryl methyl sites for hydroxylation is 1. The number of likely N-dealkylation sites (tertiary alicyclic amines) is 1. The Labute approximate surface area is 125 Å². The van der Waals surface area contributed by atoms with E-state index in [2.05, 4.69) is 19.1 Å². The molecule has 1 amide bonds. The highest BCUT2D eigenvalue weighted by Gasteiger charge is 2.29. The third-order valence-corrected chi connectivity index (χ3v) is 4.60. The Hall–Kier alpha value is -0.580. The maximum atomic E-state index is 12.4. The first-order valence-corrected chi connectivity index (χ1v) is 7.50. The van der Waals surface area contributed by atoms with E-state index in [0.717, 1.165) is 24.3 Å². The maximum Gasteiger partial charge on any atom is 0.228 e. The highest BCUT2D eigenvalue weighted by Crippen LogP contribution is 2.22. The molecular weight excluding hydrogens is 280 g/mol. The van der Waals surface area contributed by atoms with Gasteiger partial charge in [0, 0.05) is 28.4 Å². The first-order valence-electron chi connectivity index (χ1n) is 6.68. The maximum absolute atomic E-state index is 12.4. The lowest BCUT2D eigenvalue weighted by Crippen LogP contribution is -2.52. The van der Waals surface area contributed by atoms with Gasteiger partial charge in [-0.05, 0) is 45.2 Å². The molecule has 2 atom stereocenters. The normalized spacial score (nSPS) is 20.8. The molecule has 1 saturated heterocycles. The number of hydrogen-bond donors (Lipinski definition) is 1. The molecule has 3 nitrogen and oxygen atoms in total. The Morgan fingerprint density at radius 1 is 1.53 bits per heavy atom. The Morgan fingerprint density at radius 2 is 2.26 bits per heavy atom. The van der Waals surface area contributed by atoms with Gasteiger partial charge in [0.2, 0.25) is 5.91 Å². The van der Waals surface area contributed by atoms with Crippen LogP contribution in [0.5, 0.6) is 0 Å². The molecule has 1 aromatic rings. The number of nitrogens with zero attached hydrogens (tertiary/aromatic N) is 1. The van der Waals surface area contributed by atoms with Crippen molar-refractivity contribution in [2.75, 3.05) is 6.54 Å². The molecule has 1 fully saturated rings. The van der Waals surface area contributed by atoms with Gasteiger partial charge in [-0.25, -0.2) is 0 Å². The second-order valence-electron chi connectivity index (χ2n) is 5.20. The Kier molecular flexibility index (Phi) is 6.30. The molecule has 0 aromatic carbocycles. The van der Waals surface area contributed by atoms with Crippen LogP contribution in [0, 0.1) is 6.92 Å². The number of piperidine rings is 1. The third kappa shape index (κ3) is 4.20. The molecule has 0 aliphatic carbocycles. The number of carbonyl (C=O) groups excluding carboxylic acids is 1. The number of nitrogens with two attached hydrogens (primary N) is 1. The molecule has 1 aliphatic rings. The summed E-state index contributed by atoms with van der Waals surface area (Å²) in [5.74, 6) is 0.235. The second kappa shape index (κ2) is 7.27. The Bertz CT molecular complexity index is 419. The fourth-order valence-corrected chi connectivity index (χ4v) is 3.53. The molecule has 0 bridgehead atoms. The van der Waals surface area contributed by atoms with Crippen molar-refractivity contribution in [2.24, 2.45) is 5.73 Å². The van der Waals surface area contributed by atoms with Gasteiger partial charge in [0.1, 0.15) is 0 Å². The Morgan fingerprint density at radius 3 is 2.84 bits per heavy atom. The van der Waals surface area contributed by atoms with E-state index in [9.17, 15) is 4.79 Å². The number of carbonyl (C=O) groups is 1. The second-order valence-corrected chi connectivity index (χ2v) is 6.57. The number of amides is 1. The van der Waals surface area contributed by atoms with Crippen molar-refractivity contribution in [3.8, 4) is 0 Å². The number of hydrogen-bond acceptors (Lipinski definition) is 3. The summed E-state index contributed by atoms with van der Waals surface area (Å²) in [7, 11) is 0. The molecule has 108 valence electrons. The minimum absolute atomic E-state index is 0. The molecule has 0 spiro atoms.